The summed E-state index contributed by atoms with van der Waals surface area (Å²) in [5.74, 6) is -0.144. The normalized spacial score (nSPS) is 16.8. The maximum Gasteiger partial charge on any atom is 0.265 e. The summed E-state index contributed by atoms with van der Waals surface area (Å²) in [6, 6.07) is 8.10. The van der Waals surface area contributed by atoms with Gasteiger partial charge < -0.3 is 10.1 Å². The topological polar surface area (TPSA) is 68.3 Å². The number of fused-ring (bicyclic) bond motifs is 1. The van der Waals surface area contributed by atoms with E-state index in [1.54, 1.807) is 42.7 Å². The number of hydrogen-bond donors (Lipinski definition) is 1. The van der Waals surface area contributed by atoms with Gasteiger partial charge in [-0.25, -0.2) is 0 Å². The summed E-state index contributed by atoms with van der Waals surface area (Å²) in [7, 11) is 0. The second-order valence-corrected chi connectivity index (χ2v) is 5.04. The molecule has 21 heavy (non-hydrogen) atoms. The van der Waals surface area contributed by atoms with Crippen LogP contribution in [-0.4, -0.2) is 22.8 Å². The number of nitrogens with zero attached hydrogens (tertiary/aromatic N) is 1. The zero-order valence-electron chi connectivity index (χ0n) is 10.9. The Labute approximate surface area is 125 Å². The zero-order chi connectivity index (χ0) is 14.8. The van der Waals surface area contributed by atoms with Crippen LogP contribution in [0, 0.1) is 0 Å². The molecule has 3 rings (SSSR count). The lowest BCUT2D eigenvalue weighted by Gasteiger charge is -2.24. The van der Waals surface area contributed by atoms with Crippen molar-refractivity contribution in [3.8, 4) is 5.75 Å². The number of benzene rings is 1. The Morgan fingerprint density at radius 1 is 1.29 bits per heavy atom. The molecule has 106 valence electrons. The predicted molar refractivity (Wildman–Crippen MR) is 77.7 cm³/mol. The van der Waals surface area contributed by atoms with Crippen molar-refractivity contribution in [2.75, 3.05) is 5.32 Å². The maximum absolute atomic E-state index is 12.2. The molecule has 0 bridgehead atoms. The molecule has 0 radical (unpaired) electrons. The summed E-state index contributed by atoms with van der Waals surface area (Å²) < 4.78 is 5.58. The molecule has 0 fully saturated rings. The summed E-state index contributed by atoms with van der Waals surface area (Å²) >= 11 is 5.86. The lowest BCUT2D eigenvalue weighted by Crippen LogP contribution is -2.38. The Balaban J connectivity index is 1.78. The lowest BCUT2D eigenvalue weighted by atomic mass is 10.0. The molecule has 0 unspecified atom stereocenters. The van der Waals surface area contributed by atoms with Crippen molar-refractivity contribution >= 4 is 29.0 Å². The van der Waals surface area contributed by atoms with Gasteiger partial charge in [0.1, 0.15) is 5.75 Å². The van der Waals surface area contributed by atoms with Gasteiger partial charge >= 0.3 is 0 Å². The fourth-order valence-corrected chi connectivity index (χ4v) is 2.27. The number of anilines is 1. The molecule has 1 aromatic heterocycles. The number of carbonyl (C=O) groups is 2. The molecular weight excluding hydrogens is 292 g/mol. The highest BCUT2D eigenvalue weighted by Gasteiger charge is 2.31. The molecule has 6 heteroatoms. The summed E-state index contributed by atoms with van der Waals surface area (Å²) in [4.78, 5) is 28.1. The molecule has 1 aliphatic heterocycles. The number of hydrogen-bond acceptors (Lipinski definition) is 4. The number of carbonyl (C=O) groups excluding carboxylic acids is 2. The second kappa shape index (κ2) is 5.54. The number of amides is 1. The van der Waals surface area contributed by atoms with Crippen LogP contribution in [0.3, 0.4) is 0 Å². The van der Waals surface area contributed by atoms with Crippen LogP contribution in [0.5, 0.6) is 5.75 Å². The van der Waals surface area contributed by atoms with E-state index in [-0.39, 0.29) is 18.1 Å². The van der Waals surface area contributed by atoms with Crippen LogP contribution in [-0.2, 0) is 4.79 Å². The van der Waals surface area contributed by atoms with Gasteiger partial charge in [-0.1, -0.05) is 11.6 Å². The molecule has 0 aliphatic carbocycles. The Kier molecular flexibility index (Phi) is 3.58. The van der Waals surface area contributed by atoms with Crippen LogP contribution in [0.1, 0.15) is 16.8 Å². The third-order valence-corrected chi connectivity index (χ3v) is 3.36. The minimum absolute atomic E-state index is 0.00966. The van der Waals surface area contributed by atoms with Gasteiger partial charge in [0.15, 0.2) is 11.9 Å². The zero-order valence-corrected chi connectivity index (χ0v) is 11.6. The van der Waals surface area contributed by atoms with Crippen molar-refractivity contribution in [1.82, 2.24) is 4.98 Å². The first-order valence-corrected chi connectivity index (χ1v) is 6.71. The van der Waals surface area contributed by atoms with Crippen LogP contribution >= 0.6 is 11.6 Å². The first kappa shape index (κ1) is 13.6. The molecule has 0 saturated heterocycles. The van der Waals surface area contributed by atoms with Crippen molar-refractivity contribution < 1.29 is 14.3 Å². The molecule has 1 aliphatic rings. The summed E-state index contributed by atoms with van der Waals surface area (Å²) in [6.45, 7) is 0. The van der Waals surface area contributed by atoms with E-state index >= 15 is 0 Å². The molecule has 2 aromatic rings. The van der Waals surface area contributed by atoms with Gasteiger partial charge in [0.2, 0.25) is 0 Å². The van der Waals surface area contributed by atoms with Crippen molar-refractivity contribution in [1.29, 1.82) is 0 Å². The Morgan fingerprint density at radius 3 is 2.81 bits per heavy atom. The van der Waals surface area contributed by atoms with E-state index < -0.39 is 6.10 Å². The van der Waals surface area contributed by atoms with Gasteiger partial charge in [-0.05, 0) is 30.3 Å². The van der Waals surface area contributed by atoms with Gasteiger partial charge in [-0.2, -0.15) is 0 Å². The first-order chi connectivity index (χ1) is 10.1. The fourth-order valence-electron chi connectivity index (χ4n) is 2.10. The van der Waals surface area contributed by atoms with Crippen LogP contribution in [0.4, 0.5) is 5.69 Å². The maximum atomic E-state index is 12.2. The van der Waals surface area contributed by atoms with Crippen LogP contribution < -0.4 is 10.1 Å². The minimum atomic E-state index is -0.848. The number of nitrogens with one attached hydrogen (secondary N) is 1. The monoisotopic (exact) mass is 302 g/mol. The quantitative estimate of drug-likeness (QED) is 0.926. The van der Waals surface area contributed by atoms with Gasteiger partial charge in [0.05, 0.1) is 12.0 Å². The molecule has 1 amide bonds. The average molecular weight is 303 g/mol. The standard InChI is InChI=1S/C15H11ClN2O3/c16-9-1-2-13-11(7-9)12(19)8-14(21-13)15(20)18-10-3-5-17-6-4-10/h1-7,14H,8H2,(H,17,18,20)/t14-/m1/s1. The smallest absolute Gasteiger partial charge is 0.265 e. The van der Waals surface area contributed by atoms with Crippen molar-refractivity contribution in [3.05, 3.63) is 53.3 Å². The number of Topliss-reactive ketones (excluding diaryl/α,β-unsaturated/α-hetero) is 1. The molecule has 5 nitrogen and oxygen atoms in total. The Morgan fingerprint density at radius 2 is 2.05 bits per heavy atom. The van der Waals surface area contributed by atoms with Gasteiger partial charge in [-0.3, -0.25) is 14.6 Å². The van der Waals surface area contributed by atoms with E-state index in [9.17, 15) is 9.59 Å². The highest BCUT2D eigenvalue weighted by Crippen LogP contribution is 2.30. The van der Waals surface area contributed by atoms with Gasteiger partial charge in [-0.15, -0.1) is 0 Å². The van der Waals surface area contributed by atoms with Crippen molar-refractivity contribution in [2.45, 2.75) is 12.5 Å². The lowest BCUT2D eigenvalue weighted by molar-refractivity contribution is -0.122. The molecule has 0 spiro atoms. The Hall–Kier alpha value is -2.40. The largest absolute Gasteiger partial charge is 0.479 e. The van der Waals surface area contributed by atoms with Crippen molar-refractivity contribution in [3.63, 3.8) is 0 Å². The van der Waals surface area contributed by atoms with E-state index in [2.05, 4.69) is 10.3 Å². The van der Waals surface area contributed by atoms with E-state index in [0.717, 1.165) is 0 Å². The molecule has 0 saturated carbocycles. The summed E-state index contributed by atoms with van der Waals surface area (Å²) in [6.07, 6.45) is 2.28. The second-order valence-electron chi connectivity index (χ2n) is 4.60. The summed E-state index contributed by atoms with van der Waals surface area (Å²) in [5.41, 5.74) is 1.02. The predicted octanol–water partition coefficient (Wildman–Crippen LogP) is 2.71. The minimum Gasteiger partial charge on any atom is -0.479 e. The van der Waals surface area contributed by atoms with E-state index in [4.69, 9.17) is 16.3 Å². The third kappa shape index (κ3) is 2.87. The highest BCUT2D eigenvalue weighted by molar-refractivity contribution is 6.31. The van der Waals surface area contributed by atoms with Crippen LogP contribution in [0.25, 0.3) is 0 Å². The fraction of sp³-hybridized carbons (Fsp3) is 0.133. The number of pyridine rings is 1. The number of halogens is 1. The summed E-state index contributed by atoms with van der Waals surface area (Å²) in [5, 5.41) is 3.16. The molecule has 1 aromatic carbocycles. The van der Waals surface area contributed by atoms with E-state index in [1.807, 2.05) is 0 Å². The average Bonchev–Trinajstić information content (AvgIpc) is 2.49. The molecular formula is C15H11ClN2O3. The van der Waals surface area contributed by atoms with E-state index in [0.29, 0.717) is 22.0 Å². The number of ketones is 1. The molecule has 2 heterocycles. The van der Waals surface area contributed by atoms with Gasteiger partial charge in [0.25, 0.3) is 5.91 Å². The van der Waals surface area contributed by atoms with Crippen LogP contribution in [0.2, 0.25) is 5.02 Å². The highest BCUT2D eigenvalue weighted by atomic mass is 35.5. The SMILES string of the molecule is O=C1C[C@H](C(=O)Nc2ccncc2)Oc2ccc(Cl)cc21. The third-order valence-electron chi connectivity index (χ3n) is 3.12. The van der Waals surface area contributed by atoms with Crippen molar-refractivity contribution in [2.24, 2.45) is 0 Å². The number of ether oxygens (including phenoxy) is 1. The van der Waals surface area contributed by atoms with Gasteiger partial charge in [0, 0.05) is 23.1 Å². The molecule has 1 atom stereocenters. The first-order valence-electron chi connectivity index (χ1n) is 6.34. The number of aromatic nitrogens is 1. The van der Waals surface area contributed by atoms with Crippen LogP contribution in [0.15, 0.2) is 42.7 Å². The Bertz CT molecular complexity index is 703. The molecule has 1 N–H and O–H groups in total. The number of rotatable bonds is 2. The van der Waals surface area contributed by atoms with E-state index in [1.165, 1.54) is 0 Å².